The molecule has 4 heteroatoms. The van der Waals surface area contributed by atoms with Crippen molar-refractivity contribution < 1.29 is 4.74 Å². The second-order valence-corrected chi connectivity index (χ2v) is 9.32. The summed E-state index contributed by atoms with van der Waals surface area (Å²) in [7, 11) is 0. The number of piperidine rings is 1. The van der Waals surface area contributed by atoms with Gasteiger partial charge >= 0.3 is 0 Å². The van der Waals surface area contributed by atoms with Crippen molar-refractivity contribution in [2.45, 2.75) is 52.1 Å². The molecule has 33 heavy (non-hydrogen) atoms. The molecule has 3 nitrogen and oxygen atoms in total. The standard InChI is InChI=1S/C29H31ClN2O/c1-21-19-24(8-16-29(21)33-18-17-32-22(2)5-4-6-23(32)3)7-14-28-15-11-26(20-31-28)25-9-12-27(30)13-10-25/h8-13,15-16,19-20,22-23H,4-6,17-18H2,1-3H3. The van der Waals surface area contributed by atoms with Gasteiger partial charge in [0.1, 0.15) is 18.1 Å². The van der Waals surface area contributed by atoms with E-state index in [1.807, 2.05) is 54.7 Å². The van der Waals surface area contributed by atoms with Crippen LogP contribution in [0, 0.1) is 18.8 Å². The number of hydrogen-bond acceptors (Lipinski definition) is 3. The van der Waals surface area contributed by atoms with Crippen LogP contribution in [0.15, 0.2) is 60.8 Å². The van der Waals surface area contributed by atoms with Crippen LogP contribution in [-0.4, -0.2) is 35.1 Å². The van der Waals surface area contributed by atoms with E-state index < -0.39 is 0 Å². The first kappa shape index (κ1) is 23.4. The van der Waals surface area contributed by atoms with Gasteiger partial charge in [-0.2, -0.15) is 0 Å². The average Bonchev–Trinajstić information content (AvgIpc) is 2.82. The fourth-order valence-electron chi connectivity index (χ4n) is 4.48. The largest absolute Gasteiger partial charge is 0.492 e. The topological polar surface area (TPSA) is 25.4 Å². The summed E-state index contributed by atoms with van der Waals surface area (Å²) in [5.41, 5.74) is 4.94. The van der Waals surface area contributed by atoms with Crippen LogP contribution in [0.2, 0.25) is 5.02 Å². The Morgan fingerprint density at radius 3 is 2.36 bits per heavy atom. The van der Waals surface area contributed by atoms with Crippen LogP contribution in [0.25, 0.3) is 11.1 Å². The van der Waals surface area contributed by atoms with E-state index in [1.165, 1.54) is 19.3 Å². The van der Waals surface area contributed by atoms with Gasteiger partial charge in [-0.1, -0.05) is 42.1 Å². The first-order valence-corrected chi connectivity index (χ1v) is 12.1. The first-order chi connectivity index (χ1) is 16.0. The molecule has 2 heterocycles. The summed E-state index contributed by atoms with van der Waals surface area (Å²) in [4.78, 5) is 7.07. The van der Waals surface area contributed by atoms with Crippen LogP contribution in [0.4, 0.5) is 0 Å². The Morgan fingerprint density at radius 2 is 1.70 bits per heavy atom. The summed E-state index contributed by atoms with van der Waals surface area (Å²) in [5.74, 6) is 7.32. The lowest BCUT2D eigenvalue weighted by molar-refractivity contribution is 0.0850. The number of nitrogens with zero attached hydrogens (tertiary/aromatic N) is 2. The van der Waals surface area contributed by atoms with Crippen LogP contribution in [0.3, 0.4) is 0 Å². The van der Waals surface area contributed by atoms with Gasteiger partial charge in [0.25, 0.3) is 0 Å². The molecule has 4 rings (SSSR count). The predicted molar refractivity (Wildman–Crippen MR) is 137 cm³/mol. The summed E-state index contributed by atoms with van der Waals surface area (Å²) in [5, 5.41) is 0.729. The van der Waals surface area contributed by atoms with Crippen molar-refractivity contribution in [2.75, 3.05) is 13.2 Å². The number of aryl methyl sites for hydroxylation is 1. The summed E-state index contributed by atoms with van der Waals surface area (Å²) in [6.07, 6.45) is 5.76. The van der Waals surface area contributed by atoms with E-state index in [2.05, 4.69) is 48.6 Å². The van der Waals surface area contributed by atoms with Crippen LogP contribution in [0.1, 0.15) is 49.9 Å². The molecule has 2 atom stereocenters. The molecule has 1 aliphatic heterocycles. The maximum Gasteiger partial charge on any atom is 0.122 e. The molecule has 2 unspecified atom stereocenters. The lowest BCUT2D eigenvalue weighted by atomic mass is 9.98. The van der Waals surface area contributed by atoms with Gasteiger partial charge < -0.3 is 4.74 Å². The normalized spacial score (nSPS) is 18.4. The number of aromatic nitrogens is 1. The van der Waals surface area contributed by atoms with Gasteiger partial charge in [0.2, 0.25) is 0 Å². The fourth-order valence-corrected chi connectivity index (χ4v) is 4.61. The Morgan fingerprint density at radius 1 is 0.970 bits per heavy atom. The number of likely N-dealkylation sites (tertiary alicyclic amines) is 1. The van der Waals surface area contributed by atoms with E-state index in [-0.39, 0.29) is 0 Å². The highest BCUT2D eigenvalue weighted by atomic mass is 35.5. The minimum Gasteiger partial charge on any atom is -0.492 e. The van der Waals surface area contributed by atoms with Gasteiger partial charge in [-0.25, -0.2) is 4.98 Å². The van der Waals surface area contributed by atoms with Crippen molar-refractivity contribution in [1.29, 1.82) is 0 Å². The highest BCUT2D eigenvalue weighted by molar-refractivity contribution is 6.30. The number of benzene rings is 2. The Labute approximate surface area is 202 Å². The Balaban J connectivity index is 1.35. The monoisotopic (exact) mass is 458 g/mol. The molecule has 3 aromatic rings. The summed E-state index contributed by atoms with van der Waals surface area (Å²) >= 11 is 5.97. The van der Waals surface area contributed by atoms with Crippen molar-refractivity contribution >= 4 is 11.6 Å². The van der Waals surface area contributed by atoms with Crippen LogP contribution in [0.5, 0.6) is 5.75 Å². The van der Waals surface area contributed by atoms with Crippen molar-refractivity contribution in [1.82, 2.24) is 9.88 Å². The molecule has 0 saturated carbocycles. The fraction of sp³-hybridized carbons (Fsp3) is 0.345. The maximum absolute atomic E-state index is 6.11. The van der Waals surface area contributed by atoms with Crippen LogP contribution >= 0.6 is 11.6 Å². The van der Waals surface area contributed by atoms with Gasteiger partial charge in [-0.05, 0) is 87.1 Å². The van der Waals surface area contributed by atoms with Crippen molar-refractivity contribution in [2.24, 2.45) is 0 Å². The zero-order chi connectivity index (χ0) is 23.2. The van der Waals surface area contributed by atoms with E-state index in [0.717, 1.165) is 45.3 Å². The lowest BCUT2D eigenvalue weighted by Gasteiger charge is -2.38. The number of rotatable bonds is 5. The number of halogens is 1. The predicted octanol–water partition coefficient (Wildman–Crippen LogP) is 6.75. The highest BCUT2D eigenvalue weighted by Gasteiger charge is 2.24. The van der Waals surface area contributed by atoms with Crippen LogP contribution in [-0.2, 0) is 0 Å². The van der Waals surface area contributed by atoms with E-state index in [1.54, 1.807) is 0 Å². The second-order valence-electron chi connectivity index (χ2n) is 8.88. The Kier molecular flexibility index (Phi) is 7.70. The van der Waals surface area contributed by atoms with Gasteiger partial charge in [0.15, 0.2) is 0 Å². The van der Waals surface area contributed by atoms with Crippen molar-refractivity contribution in [3.05, 3.63) is 82.6 Å². The number of ether oxygens (including phenoxy) is 1. The maximum atomic E-state index is 6.11. The van der Waals surface area contributed by atoms with Crippen molar-refractivity contribution in [3.8, 4) is 28.7 Å². The summed E-state index contributed by atoms with van der Waals surface area (Å²) in [6, 6.07) is 19.1. The van der Waals surface area contributed by atoms with Crippen molar-refractivity contribution in [3.63, 3.8) is 0 Å². The van der Waals surface area contributed by atoms with E-state index in [4.69, 9.17) is 16.3 Å². The smallest absolute Gasteiger partial charge is 0.122 e. The third-order valence-corrected chi connectivity index (χ3v) is 6.69. The van der Waals surface area contributed by atoms with E-state index in [0.29, 0.717) is 18.7 Å². The van der Waals surface area contributed by atoms with Gasteiger partial charge in [0.05, 0.1) is 0 Å². The molecule has 0 spiro atoms. The number of hydrogen-bond donors (Lipinski definition) is 0. The molecule has 1 fully saturated rings. The Bertz CT molecular complexity index is 1120. The third kappa shape index (κ3) is 6.16. The molecular weight excluding hydrogens is 428 g/mol. The first-order valence-electron chi connectivity index (χ1n) is 11.7. The lowest BCUT2D eigenvalue weighted by Crippen LogP contribution is -2.45. The quantitative estimate of drug-likeness (QED) is 0.395. The zero-order valence-electron chi connectivity index (χ0n) is 19.6. The molecule has 1 saturated heterocycles. The minimum atomic E-state index is 0.643. The zero-order valence-corrected chi connectivity index (χ0v) is 20.4. The molecule has 1 aromatic heterocycles. The molecule has 0 radical (unpaired) electrons. The molecule has 1 aliphatic rings. The molecular formula is C29H31ClN2O. The van der Waals surface area contributed by atoms with E-state index >= 15 is 0 Å². The molecule has 0 bridgehead atoms. The summed E-state index contributed by atoms with van der Waals surface area (Å²) in [6.45, 7) is 8.42. The molecule has 0 amide bonds. The van der Waals surface area contributed by atoms with Gasteiger partial charge in [-0.3, -0.25) is 4.90 Å². The van der Waals surface area contributed by atoms with E-state index in [9.17, 15) is 0 Å². The molecule has 0 N–H and O–H groups in total. The Hall–Kier alpha value is -2.80. The van der Waals surface area contributed by atoms with Crippen LogP contribution < -0.4 is 4.74 Å². The number of pyridine rings is 1. The molecule has 0 aliphatic carbocycles. The molecule has 2 aromatic carbocycles. The SMILES string of the molecule is Cc1cc(C#Cc2ccc(-c3ccc(Cl)cc3)cn2)ccc1OCCN1C(C)CCCC1C. The van der Waals surface area contributed by atoms with Gasteiger partial charge in [-0.15, -0.1) is 0 Å². The summed E-state index contributed by atoms with van der Waals surface area (Å²) < 4.78 is 6.11. The highest BCUT2D eigenvalue weighted by Crippen LogP contribution is 2.24. The average molecular weight is 459 g/mol. The third-order valence-electron chi connectivity index (χ3n) is 6.43. The molecule has 170 valence electrons. The van der Waals surface area contributed by atoms with Gasteiger partial charge in [0, 0.05) is 41.0 Å². The minimum absolute atomic E-state index is 0.643. The second kappa shape index (κ2) is 10.9.